The lowest BCUT2D eigenvalue weighted by Gasteiger charge is -2.19. The van der Waals surface area contributed by atoms with Crippen LogP contribution >= 0.6 is 0 Å². The van der Waals surface area contributed by atoms with Gasteiger partial charge < -0.3 is 13.9 Å². The van der Waals surface area contributed by atoms with Gasteiger partial charge in [0.1, 0.15) is 23.7 Å². The van der Waals surface area contributed by atoms with Crippen molar-refractivity contribution < 1.29 is 31.9 Å². The molecule has 0 bridgehead atoms. The summed E-state index contributed by atoms with van der Waals surface area (Å²) in [6.45, 7) is 2.58. The zero-order chi connectivity index (χ0) is 23.1. The van der Waals surface area contributed by atoms with Crippen LogP contribution in [0.4, 0.5) is 0 Å². The number of benzene rings is 1. The van der Waals surface area contributed by atoms with Crippen LogP contribution < -0.4 is 0 Å². The number of carbonyl (C=O) groups excluding carboxylic acids is 2. The average Bonchev–Trinajstić information content (AvgIpc) is 2.98. The molecule has 1 aliphatic heterocycles. The van der Waals surface area contributed by atoms with Crippen LogP contribution in [0.5, 0.6) is 0 Å². The van der Waals surface area contributed by atoms with Gasteiger partial charge in [0.2, 0.25) is 10.0 Å². The molecule has 1 aromatic heterocycles. The Labute approximate surface area is 187 Å². The van der Waals surface area contributed by atoms with Gasteiger partial charge in [-0.15, -0.1) is 0 Å². The Balaban J connectivity index is 1.57. The third kappa shape index (κ3) is 5.86. The standard InChI is InChI=1S/C23H27NO7S/c1-17-21(23(26)29-2)15-19(31-17)16-30-22(25)12-9-18-7-10-20(11-8-18)32(27,28)24-13-5-3-4-6-14-24/h7-12,15H,3-6,13-14,16H2,1-2H3. The molecule has 0 spiro atoms. The van der Waals surface area contributed by atoms with Crippen LogP contribution in [0.15, 0.2) is 45.7 Å². The maximum absolute atomic E-state index is 12.8. The van der Waals surface area contributed by atoms with E-state index in [2.05, 4.69) is 4.74 Å². The quantitative estimate of drug-likeness (QED) is 0.457. The van der Waals surface area contributed by atoms with Gasteiger partial charge in [0, 0.05) is 19.2 Å². The summed E-state index contributed by atoms with van der Waals surface area (Å²) in [5.74, 6) is -0.411. The van der Waals surface area contributed by atoms with Gasteiger partial charge in [-0.2, -0.15) is 4.31 Å². The Kier molecular flexibility index (Phi) is 7.87. The lowest BCUT2D eigenvalue weighted by molar-refractivity contribution is -0.139. The summed E-state index contributed by atoms with van der Waals surface area (Å²) in [6.07, 6.45) is 6.65. The first-order chi connectivity index (χ1) is 15.3. The normalized spacial score (nSPS) is 15.4. The molecule has 1 aliphatic rings. The number of aryl methyl sites for hydroxylation is 1. The van der Waals surface area contributed by atoms with E-state index in [4.69, 9.17) is 9.15 Å². The third-order valence-electron chi connectivity index (χ3n) is 5.23. The highest BCUT2D eigenvalue weighted by Gasteiger charge is 2.24. The van der Waals surface area contributed by atoms with E-state index in [1.807, 2.05) is 0 Å². The predicted octanol–water partition coefficient (Wildman–Crippen LogP) is 3.70. The van der Waals surface area contributed by atoms with E-state index < -0.39 is 22.0 Å². The molecule has 0 atom stereocenters. The number of methoxy groups -OCH3 is 1. The molecule has 1 saturated heterocycles. The van der Waals surface area contributed by atoms with Crippen LogP contribution in [-0.2, 0) is 30.9 Å². The second-order valence-corrected chi connectivity index (χ2v) is 9.44. The van der Waals surface area contributed by atoms with E-state index in [1.54, 1.807) is 35.5 Å². The molecule has 0 N–H and O–H groups in total. The summed E-state index contributed by atoms with van der Waals surface area (Å²) in [6, 6.07) is 7.86. The predicted molar refractivity (Wildman–Crippen MR) is 117 cm³/mol. The average molecular weight is 462 g/mol. The van der Waals surface area contributed by atoms with Crippen LogP contribution in [0.3, 0.4) is 0 Å². The number of hydrogen-bond donors (Lipinski definition) is 0. The van der Waals surface area contributed by atoms with Crippen molar-refractivity contribution in [3.63, 3.8) is 0 Å². The van der Waals surface area contributed by atoms with Gasteiger partial charge in [-0.25, -0.2) is 18.0 Å². The molecule has 3 rings (SSSR count). The summed E-state index contributed by atoms with van der Waals surface area (Å²) in [4.78, 5) is 23.8. The van der Waals surface area contributed by atoms with Crippen molar-refractivity contribution in [1.29, 1.82) is 0 Å². The molecule has 1 aromatic carbocycles. The van der Waals surface area contributed by atoms with Crippen LogP contribution in [-0.4, -0.2) is 44.9 Å². The van der Waals surface area contributed by atoms with Crippen LogP contribution in [0.25, 0.3) is 6.08 Å². The number of esters is 2. The summed E-state index contributed by atoms with van der Waals surface area (Å²) in [7, 11) is -2.23. The third-order valence-corrected chi connectivity index (χ3v) is 7.14. The smallest absolute Gasteiger partial charge is 0.341 e. The highest BCUT2D eigenvalue weighted by Crippen LogP contribution is 2.21. The fraction of sp³-hybridized carbons (Fsp3) is 0.391. The van der Waals surface area contributed by atoms with E-state index in [-0.39, 0.29) is 17.1 Å². The first kappa shape index (κ1) is 23.7. The van der Waals surface area contributed by atoms with Gasteiger partial charge in [-0.3, -0.25) is 0 Å². The molecule has 2 heterocycles. The van der Waals surface area contributed by atoms with Crippen LogP contribution in [0, 0.1) is 6.92 Å². The molecule has 32 heavy (non-hydrogen) atoms. The number of sulfonamides is 1. The minimum Gasteiger partial charge on any atom is -0.465 e. The van der Waals surface area contributed by atoms with E-state index in [9.17, 15) is 18.0 Å². The van der Waals surface area contributed by atoms with E-state index in [0.717, 1.165) is 25.7 Å². The van der Waals surface area contributed by atoms with Crippen molar-refractivity contribution in [1.82, 2.24) is 4.31 Å². The van der Waals surface area contributed by atoms with Crippen molar-refractivity contribution in [3.8, 4) is 0 Å². The Morgan fingerprint density at radius 2 is 1.75 bits per heavy atom. The van der Waals surface area contributed by atoms with Crippen molar-refractivity contribution in [2.45, 2.75) is 44.1 Å². The second-order valence-electron chi connectivity index (χ2n) is 7.50. The zero-order valence-electron chi connectivity index (χ0n) is 18.2. The van der Waals surface area contributed by atoms with Crippen molar-refractivity contribution in [3.05, 3.63) is 59.1 Å². The number of nitrogens with zero attached hydrogens (tertiary/aromatic N) is 1. The Morgan fingerprint density at radius 1 is 1.09 bits per heavy atom. The molecule has 0 aliphatic carbocycles. The maximum Gasteiger partial charge on any atom is 0.341 e. The largest absolute Gasteiger partial charge is 0.465 e. The van der Waals surface area contributed by atoms with E-state index >= 15 is 0 Å². The molecule has 8 nitrogen and oxygen atoms in total. The van der Waals surface area contributed by atoms with E-state index in [0.29, 0.717) is 30.2 Å². The topological polar surface area (TPSA) is 103 Å². The number of hydrogen-bond acceptors (Lipinski definition) is 7. The number of carbonyl (C=O) groups is 2. The number of ether oxygens (including phenoxy) is 2. The monoisotopic (exact) mass is 461 g/mol. The summed E-state index contributed by atoms with van der Waals surface area (Å²) >= 11 is 0. The summed E-state index contributed by atoms with van der Waals surface area (Å²) in [5.41, 5.74) is 0.947. The maximum atomic E-state index is 12.8. The molecule has 172 valence electrons. The molecule has 0 saturated carbocycles. The number of furan rings is 1. The molecule has 0 amide bonds. The molecule has 1 fully saturated rings. The molecule has 0 radical (unpaired) electrons. The van der Waals surface area contributed by atoms with Gasteiger partial charge in [-0.05, 0) is 49.6 Å². The summed E-state index contributed by atoms with van der Waals surface area (Å²) in [5, 5.41) is 0. The van der Waals surface area contributed by atoms with Crippen LogP contribution in [0.2, 0.25) is 0 Å². The summed E-state index contributed by atoms with van der Waals surface area (Å²) < 4.78 is 42.4. The highest BCUT2D eigenvalue weighted by atomic mass is 32.2. The van der Waals surface area contributed by atoms with Crippen LogP contribution in [0.1, 0.15) is 53.1 Å². The fourth-order valence-corrected chi connectivity index (χ4v) is 4.98. The lowest BCUT2D eigenvalue weighted by Crippen LogP contribution is -2.31. The van der Waals surface area contributed by atoms with Gasteiger partial charge >= 0.3 is 11.9 Å². The number of rotatable bonds is 7. The Bertz CT molecular complexity index is 1080. The van der Waals surface area contributed by atoms with Crippen molar-refractivity contribution >= 4 is 28.0 Å². The van der Waals surface area contributed by atoms with Crippen molar-refractivity contribution in [2.24, 2.45) is 0 Å². The molecular weight excluding hydrogens is 434 g/mol. The molecule has 9 heteroatoms. The van der Waals surface area contributed by atoms with Gasteiger partial charge in [0.15, 0.2) is 0 Å². The minimum absolute atomic E-state index is 0.131. The van der Waals surface area contributed by atoms with E-state index in [1.165, 1.54) is 25.3 Å². The SMILES string of the molecule is COC(=O)c1cc(COC(=O)C=Cc2ccc(S(=O)(=O)N3CCCCCC3)cc2)oc1C. The molecular formula is C23H27NO7S. The zero-order valence-corrected chi connectivity index (χ0v) is 19.0. The first-order valence-corrected chi connectivity index (χ1v) is 11.9. The van der Waals surface area contributed by atoms with Crippen molar-refractivity contribution in [2.75, 3.05) is 20.2 Å². The second kappa shape index (κ2) is 10.6. The molecule has 0 unspecified atom stereocenters. The van der Waals surface area contributed by atoms with Gasteiger partial charge in [-0.1, -0.05) is 25.0 Å². The fourth-order valence-electron chi connectivity index (χ4n) is 3.46. The Morgan fingerprint density at radius 3 is 2.38 bits per heavy atom. The minimum atomic E-state index is -3.51. The lowest BCUT2D eigenvalue weighted by atomic mass is 10.2. The first-order valence-electron chi connectivity index (χ1n) is 10.4. The van der Waals surface area contributed by atoms with Gasteiger partial charge in [0.25, 0.3) is 0 Å². The van der Waals surface area contributed by atoms with Gasteiger partial charge in [0.05, 0.1) is 12.0 Å². The highest BCUT2D eigenvalue weighted by molar-refractivity contribution is 7.89. The molecule has 2 aromatic rings. The Hall–Kier alpha value is -2.91.